The van der Waals surface area contributed by atoms with Gasteiger partial charge in [0.05, 0.1) is 19.6 Å². The maximum absolute atomic E-state index is 14.2. The van der Waals surface area contributed by atoms with Crippen LogP contribution < -0.4 is 15.1 Å². The second-order valence-electron chi connectivity index (χ2n) is 8.85. The number of ether oxygens (including phenoxy) is 2. The molecule has 0 aromatic heterocycles. The van der Waals surface area contributed by atoms with Crippen LogP contribution in [0.2, 0.25) is 0 Å². The Morgan fingerprint density at radius 3 is 2.35 bits per heavy atom. The number of carbonyl (C=O) groups is 3. The molecule has 0 radical (unpaired) electrons. The van der Waals surface area contributed by atoms with Crippen LogP contribution in [0.3, 0.4) is 0 Å². The summed E-state index contributed by atoms with van der Waals surface area (Å²) in [5.41, 5.74) is 2.58. The summed E-state index contributed by atoms with van der Waals surface area (Å²) in [4.78, 5) is 43.8. The van der Waals surface area contributed by atoms with Gasteiger partial charge in [-0.2, -0.15) is 0 Å². The molecule has 12 heteroatoms. The lowest BCUT2D eigenvalue weighted by Crippen LogP contribution is -2.64. The first-order chi connectivity index (χ1) is 17.8. The van der Waals surface area contributed by atoms with Crippen molar-refractivity contribution >= 4 is 23.6 Å². The van der Waals surface area contributed by atoms with Gasteiger partial charge >= 0.3 is 6.09 Å². The van der Waals surface area contributed by atoms with Gasteiger partial charge in [-0.1, -0.05) is 18.2 Å². The third kappa shape index (κ3) is 5.74. The summed E-state index contributed by atoms with van der Waals surface area (Å²) in [5.74, 6) is -4.61. The summed E-state index contributed by atoms with van der Waals surface area (Å²) in [7, 11) is 1.13. The fraction of sp³-hybridized carbons (Fsp3) is 0.400. The van der Waals surface area contributed by atoms with E-state index in [0.29, 0.717) is 32.2 Å². The first kappa shape index (κ1) is 26.1. The number of amides is 3. The van der Waals surface area contributed by atoms with E-state index in [0.717, 1.165) is 29.8 Å². The molecule has 2 aliphatic heterocycles. The van der Waals surface area contributed by atoms with Gasteiger partial charge < -0.3 is 19.3 Å². The second kappa shape index (κ2) is 11.4. The Kier molecular flexibility index (Phi) is 8.07. The quantitative estimate of drug-likeness (QED) is 0.460. The van der Waals surface area contributed by atoms with Crippen molar-refractivity contribution < 1.29 is 37.8 Å². The third-order valence-electron chi connectivity index (χ3n) is 6.64. The molecule has 2 fully saturated rings. The molecule has 10 nitrogen and oxygen atoms in total. The normalized spacial score (nSPS) is 21.8. The number of piperazine rings is 1. The van der Waals surface area contributed by atoms with Crippen molar-refractivity contribution in [2.75, 3.05) is 44.7 Å². The number of para-hydroxylation sites is 1. The number of piperidine rings is 1. The molecular weight excluding hydrogens is 490 g/mol. The van der Waals surface area contributed by atoms with Gasteiger partial charge in [-0.3, -0.25) is 19.7 Å². The van der Waals surface area contributed by atoms with E-state index in [1.165, 1.54) is 0 Å². The van der Waals surface area contributed by atoms with Gasteiger partial charge in [-0.15, -0.1) is 0 Å². The number of likely N-dealkylation sites (tertiary alicyclic amines) is 1. The minimum absolute atomic E-state index is 0.114. The Labute approximate surface area is 212 Å². The Morgan fingerprint density at radius 2 is 1.73 bits per heavy atom. The van der Waals surface area contributed by atoms with E-state index < -0.39 is 47.6 Å². The predicted octanol–water partition coefficient (Wildman–Crippen LogP) is 2.02. The molecule has 2 aromatic carbocycles. The Hall–Kier alpha value is -3.93. The van der Waals surface area contributed by atoms with E-state index in [9.17, 15) is 28.4 Å². The van der Waals surface area contributed by atoms with Crippen molar-refractivity contribution in [2.45, 2.75) is 18.6 Å². The van der Waals surface area contributed by atoms with E-state index in [4.69, 9.17) is 9.47 Å². The number of halogens is 2. The fourth-order valence-corrected chi connectivity index (χ4v) is 4.83. The zero-order chi connectivity index (χ0) is 26.5. The third-order valence-corrected chi connectivity index (χ3v) is 6.64. The van der Waals surface area contributed by atoms with Crippen molar-refractivity contribution in [3.63, 3.8) is 0 Å². The highest BCUT2D eigenvalue weighted by molar-refractivity contribution is 5.92. The van der Waals surface area contributed by atoms with Gasteiger partial charge in [0.1, 0.15) is 18.0 Å². The molecule has 37 heavy (non-hydrogen) atoms. The van der Waals surface area contributed by atoms with Gasteiger partial charge in [0.2, 0.25) is 11.8 Å². The van der Waals surface area contributed by atoms with E-state index in [-0.39, 0.29) is 18.7 Å². The van der Waals surface area contributed by atoms with Crippen LogP contribution in [0.4, 0.5) is 19.3 Å². The predicted molar refractivity (Wildman–Crippen MR) is 127 cm³/mol. The number of hydrogen-bond acceptors (Lipinski definition) is 7. The Morgan fingerprint density at radius 1 is 1.03 bits per heavy atom. The first-order valence-corrected chi connectivity index (χ1v) is 11.8. The molecule has 2 heterocycles. The summed E-state index contributed by atoms with van der Waals surface area (Å²) in [6.45, 7) is 1.61. The number of hydrogen-bond donors (Lipinski definition) is 2. The van der Waals surface area contributed by atoms with Crippen molar-refractivity contribution in [1.29, 1.82) is 0 Å². The van der Waals surface area contributed by atoms with Crippen LogP contribution in [-0.4, -0.2) is 84.9 Å². The molecule has 3 atom stereocenters. The number of nitrogens with one attached hydrogen (secondary N) is 1. The molecule has 0 unspecified atom stereocenters. The molecule has 2 N–H and O–H groups in total. The number of methoxy groups -OCH3 is 1. The average molecular weight is 519 g/mol. The van der Waals surface area contributed by atoms with E-state index in [1.807, 2.05) is 30.3 Å². The molecular formula is C25H28F2N4O6. The number of anilines is 1. The summed E-state index contributed by atoms with van der Waals surface area (Å²) in [5, 5.41) is 9.38. The highest BCUT2D eigenvalue weighted by Gasteiger charge is 2.49. The van der Waals surface area contributed by atoms with Crippen LogP contribution >= 0.6 is 0 Å². The fourth-order valence-electron chi connectivity index (χ4n) is 4.83. The topological polar surface area (TPSA) is 112 Å². The number of benzene rings is 2. The summed E-state index contributed by atoms with van der Waals surface area (Å²) >= 11 is 0. The molecule has 0 bridgehead atoms. The molecule has 3 amide bonds. The first-order valence-electron chi connectivity index (χ1n) is 11.8. The molecule has 0 aliphatic carbocycles. The van der Waals surface area contributed by atoms with E-state index in [1.54, 1.807) is 10.4 Å². The monoisotopic (exact) mass is 518 g/mol. The van der Waals surface area contributed by atoms with Crippen LogP contribution in [-0.2, 0) is 14.3 Å². The van der Waals surface area contributed by atoms with E-state index in [2.05, 4.69) is 4.90 Å². The van der Waals surface area contributed by atoms with Crippen LogP contribution in [0.15, 0.2) is 48.5 Å². The Bertz CT molecular complexity index is 1100. The Balaban J connectivity index is 1.54. The molecule has 0 saturated carbocycles. The van der Waals surface area contributed by atoms with Gasteiger partial charge in [0.15, 0.2) is 11.6 Å². The maximum Gasteiger partial charge on any atom is 0.410 e. The number of nitrogens with zero attached hydrogens (tertiary/aromatic N) is 3. The molecule has 4 rings (SSSR count). The molecule has 0 spiro atoms. The average Bonchev–Trinajstić information content (AvgIpc) is 2.93. The smallest absolute Gasteiger partial charge is 0.410 e. The zero-order valence-corrected chi connectivity index (χ0v) is 20.2. The van der Waals surface area contributed by atoms with Crippen molar-refractivity contribution in [3.05, 3.63) is 60.2 Å². The second-order valence-corrected chi connectivity index (χ2v) is 8.85. The molecule has 198 valence electrons. The largest absolute Gasteiger partial charge is 0.485 e. The van der Waals surface area contributed by atoms with Crippen LogP contribution in [0, 0.1) is 17.6 Å². The summed E-state index contributed by atoms with van der Waals surface area (Å²) < 4.78 is 38.0. The molecule has 2 saturated heterocycles. The van der Waals surface area contributed by atoms with Gasteiger partial charge in [-0.25, -0.2) is 19.1 Å². The standard InChI is InChI=1S/C25H28F2N4O6/c1-36-25(34)31-15-18(37-21-8-7-16(26)13-20(21)27)14-19(23(32)28-35)22(31)24(33)30-11-9-29(10-12-30)17-5-3-2-4-6-17/h2-8,13,18-19,22,35H,9-12,14-15H2,1H3,(H,28,32)/t18-,19-,22-/m0/s1. The van der Waals surface area contributed by atoms with Gasteiger partial charge in [0, 0.05) is 44.4 Å². The van der Waals surface area contributed by atoms with Crippen molar-refractivity contribution in [2.24, 2.45) is 5.92 Å². The van der Waals surface area contributed by atoms with Crippen LogP contribution in [0.25, 0.3) is 0 Å². The van der Waals surface area contributed by atoms with Crippen LogP contribution in [0.1, 0.15) is 6.42 Å². The van der Waals surface area contributed by atoms with Crippen LogP contribution in [0.5, 0.6) is 5.75 Å². The van der Waals surface area contributed by atoms with Crippen molar-refractivity contribution in [3.8, 4) is 5.75 Å². The zero-order valence-electron chi connectivity index (χ0n) is 20.2. The number of carbonyl (C=O) groups excluding carboxylic acids is 3. The lowest BCUT2D eigenvalue weighted by Gasteiger charge is -2.45. The van der Waals surface area contributed by atoms with E-state index >= 15 is 0 Å². The number of hydroxylamine groups is 1. The highest BCUT2D eigenvalue weighted by Crippen LogP contribution is 2.31. The molecule has 2 aliphatic rings. The minimum atomic E-state index is -1.28. The summed E-state index contributed by atoms with van der Waals surface area (Å²) in [6.07, 6.45) is -1.94. The van der Waals surface area contributed by atoms with Crippen molar-refractivity contribution in [1.82, 2.24) is 15.3 Å². The highest BCUT2D eigenvalue weighted by atomic mass is 19.1. The van der Waals surface area contributed by atoms with Gasteiger partial charge in [0.25, 0.3) is 0 Å². The maximum atomic E-state index is 14.2. The minimum Gasteiger partial charge on any atom is -0.485 e. The lowest BCUT2D eigenvalue weighted by atomic mass is 9.86. The SMILES string of the molecule is COC(=O)N1C[C@@H](Oc2ccc(F)cc2F)C[C@H](C(=O)NO)[C@H]1C(=O)N1CCN(c2ccccc2)CC1. The number of rotatable bonds is 5. The van der Waals surface area contributed by atoms with Gasteiger partial charge in [-0.05, 0) is 24.3 Å². The molecule has 2 aromatic rings. The lowest BCUT2D eigenvalue weighted by molar-refractivity contribution is -0.151. The summed E-state index contributed by atoms with van der Waals surface area (Å²) in [6, 6.07) is 11.2.